The summed E-state index contributed by atoms with van der Waals surface area (Å²) in [5, 5.41) is 13.5. The van der Waals surface area contributed by atoms with Gasteiger partial charge in [0.1, 0.15) is 0 Å². The van der Waals surface area contributed by atoms with E-state index >= 15 is 0 Å². The maximum atomic E-state index is 11.5. The molecule has 2 aromatic carbocycles. The van der Waals surface area contributed by atoms with Crippen LogP contribution in [0.5, 0.6) is 0 Å². The fourth-order valence-electron chi connectivity index (χ4n) is 3.25. The number of para-hydroxylation sites is 1. The van der Waals surface area contributed by atoms with Crippen LogP contribution in [0.1, 0.15) is 20.8 Å². The lowest BCUT2D eigenvalue weighted by atomic mass is 10.1. The minimum atomic E-state index is -0.479. The van der Waals surface area contributed by atoms with Gasteiger partial charge in [-0.2, -0.15) is 0 Å². The number of aromatic nitrogens is 1. The van der Waals surface area contributed by atoms with Crippen molar-refractivity contribution in [2.24, 2.45) is 0 Å². The van der Waals surface area contributed by atoms with Gasteiger partial charge in [-0.05, 0) is 47.9 Å². The van der Waals surface area contributed by atoms with Crippen LogP contribution >= 0.6 is 11.3 Å². The molecule has 0 unspecified atom stereocenters. The topological polar surface area (TPSA) is 77.2 Å². The summed E-state index contributed by atoms with van der Waals surface area (Å²) in [5.41, 5.74) is 6.45. The molecule has 4 N–H and O–H groups in total. The fourth-order valence-corrected chi connectivity index (χ4v) is 4.15. The van der Waals surface area contributed by atoms with Gasteiger partial charge in [0.15, 0.2) is 0 Å². The number of carbonyl (C=O) groups is 1. The summed E-state index contributed by atoms with van der Waals surface area (Å²) >= 11 is 1.35. The average Bonchev–Trinajstić information content (AvgIpc) is 3.39. The Morgan fingerprint density at radius 3 is 2.68 bits per heavy atom. The van der Waals surface area contributed by atoms with Gasteiger partial charge in [-0.25, -0.2) is 5.48 Å². The molecule has 0 aliphatic heterocycles. The SMILES string of the molecule is O=C(NO)c1ccc(-c2ccc(CNCCc3c[nH]c4ccccc34)cc2)s1. The molecule has 4 rings (SSSR count). The van der Waals surface area contributed by atoms with E-state index in [1.54, 1.807) is 11.5 Å². The Hall–Kier alpha value is -2.93. The minimum absolute atomic E-state index is 0.479. The van der Waals surface area contributed by atoms with Crippen LogP contribution in [-0.2, 0) is 13.0 Å². The van der Waals surface area contributed by atoms with Crippen LogP contribution < -0.4 is 10.8 Å². The molecule has 0 bridgehead atoms. The second-order valence-electron chi connectivity index (χ2n) is 6.59. The van der Waals surface area contributed by atoms with Crippen molar-refractivity contribution in [1.82, 2.24) is 15.8 Å². The largest absolute Gasteiger partial charge is 0.361 e. The summed E-state index contributed by atoms with van der Waals surface area (Å²) in [4.78, 5) is 16.3. The lowest BCUT2D eigenvalue weighted by Gasteiger charge is -2.06. The molecular weight excluding hydrogens is 370 g/mol. The first-order chi connectivity index (χ1) is 13.7. The maximum Gasteiger partial charge on any atom is 0.284 e. The van der Waals surface area contributed by atoms with Gasteiger partial charge in [0.05, 0.1) is 4.88 Å². The van der Waals surface area contributed by atoms with Gasteiger partial charge in [-0.3, -0.25) is 10.0 Å². The van der Waals surface area contributed by atoms with Crippen molar-refractivity contribution in [1.29, 1.82) is 0 Å². The number of hydrogen-bond acceptors (Lipinski definition) is 4. The molecule has 6 heteroatoms. The lowest BCUT2D eigenvalue weighted by molar-refractivity contribution is 0.0711. The number of nitrogens with one attached hydrogen (secondary N) is 3. The van der Waals surface area contributed by atoms with Crippen molar-refractivity contribution in [3.8, 4) is 10.4 Å². The van der Waals surface area contributed by atoms with E-state index in [1.165, 1.54) is 33.4 Å². The number of hydroxylamine groups is 1. The van der Waals surface area contributed by atoms with E-state index in [0.717, 1.165) is 30.0 Å². The van der Waals surface area contributed by atoms with E-state index < -0.39 is 5.91 Å². The van der Waals surface area contributed by atoms with Gasteiger partial charge in [0.2, 0.25) is 0 Å². The predicted molar refractivity (Wildman–Crippen MR) is 113 cm³/mol. The van der Waals surface area contributed by atoms with Gasteiger partial charge in [-0.15, -0.1) is 11.3 Å². The molecule has 0 spiro atoms. The smallest absolute Gasteiger partial charge is 0.284 e. The summed E-state index contributed by atoms with van der Waals surface area (Å²) in [6.07, 6.45) is 3.07. The maximum absolute atomic E-state index is 11.5. The quantitative estimate of drug-likeness (QED) is 0.215. The van der Waals surface area contributed by atoms with E-state index in [-0.39, 0.29) is 0 Å². The fraction of sp³-hybridized carbons (Fsp3) is 0.136. The summed E-state index contributed by atoms with van der Waals surface area (Å²) < 4.78 is 0. The number of aromatic amines is 1. The number of carbonyl (C=O) groups excluding carboxylic acids is 1. The molecule has 2 aromatic heterocycles. The highest BCUT2D eigenvalue weighted by Gasteiger charge is 2.09. The molecule has 1 amide bonds. The summed E-state index contributed by atoms with van der Waals surface area (Å²) in [5.74, 6) is -0.479. The first-order valence-corrected chi connectivity index (χ1v) is 9.95. The number of fused-ring (bicyclic) bond motifs is 1. The summed E-state index contributed by atoms with van der Waals surface area (Å²) in [7, 11) is 0. The predicted octanol–water partition coefficient (Wildman–Crippen LogP) is 4.35. The summed E-state index contributed by atoms with van der Waals surface area (Å²) in [6, 6.07) is 20.3. The van der Waals surface area contributed by atoms with Gasteiger partial charge in [0.25, 0.3) is 5.91 Å². The van der Waals surface area contributed by atoms with Crippen LogP contribution in [0.25, 0.3) is 21.3 Å². The number of H-pyrrole nitrogens is 1. The molecule has 2 heterocycles. The molecule has 0 saturated carbocycles. The third kappa shape index (κ3) is 3.99. The van der Waals surface area contributed by atoms with Gasteiger partial charge >= 0.3 is 0 Å². The Labute approximate surface area is 167 Å². The van der Waals surface area contributed by atoms with E-state index in [2.05, 4.69) is 59.0 Å². The van der Waals surface area contributed by atoms with E-state index in [9.17, 15) is 4.79 Å². The van der Waals surface area contributed by atoms with Crippen molar-refractivity contribution in [3.63, 3.8) is 0 Å². The van der Waals surface area contributed by atoms with Gasteiger partial charge in [-0.1, -0.05) is 42.5 Å². The Morgan fingerprint density at radius 2 is 1.86 bits per heavy atom. The van der Waals surface area contributed by atoms with Crippen molar-refractivity contribution >= 4 is 28.1 Å². The Balaban J connectivity index is 1.31. The number of rotatable bonds is 7. The molecule has 0 atom stereocenters. The van der Waals surface area contributed by atoms with Crippen LogP contribution in [0.4, 0.5) is 0 Å². The highest BCUT2D eigenvalue weighted by atomic mass is 32.1. The highest BCUT2D eigenvalue weighted by molar-refractivity contribution is 7.17. The molecule has 0 aliphatic rings. The van der Waals surface area contributed by atoms with Crippen LogP contribution in [0.15, 0.2) is 66.9 Å². The van der Waals surface area contributed by atoms with E-state index in [1.807, 2.05) is 12.1 Å². The molecule has 142 valence electrons. The van der Waals surface area contributed by atoms with Gasteiger partial charge < -0.3 is 10.3 Å². The van der Waals surface area contributed by atoms with Gasteiger partial charge in [0, 0.05) is 28.5 Å². The van der Waals surface area contributed by atoms with E-state index in [0.29, 0.717) is 4.88 Å². The van der Waals surface area contributed by atoms with Crippen LogP contribution in [0.2, 0.25) is 0 Å². The van der Waals surface area contributed by atoms with Crippen molar-refractivity contribution in [3.05, 3.63) is 82.9 Å². The number of thiophene rings is 1. The highest BCUT2D eigenvalue weighted by Crippen LogP contribution is 2.28. The zero-order chi connectivity index (χ0) is 19.3. The molecule has 0 aliphatic carbocycles. The molecule has 0 radical (unpaired) electrons. The third-order valence-corrected chi connectivity index (χ3v) is 5.88. The molecule has 5 nitrogen and oxygen atoms in total. The first-order valence-electron chi connectivity index (χ1n) is 9.14. The molecule has 0 fully saturated rings. The summed E-state index contributed by atoms with van der Waals surface area (Å²) in [6.45, 7) is 1.72. The monoisotopic (exact) mass is 391 g/mol. The Kier molecular flexibility index (Phi) is 5.53. The lowest BCUT2D eigenvalue weighted by Crippen LogP contribution is -2.16. The van der Waals surface area contributed by atoms with Crippen LogP contribution in [0, 0.1) is 0 Å². The Morgan fingerprint density at radius 1 is 1.04 bits per heavy atom. The Bertz CT molecular complexity index is 1080. The van der Waals surface area contributed by atoms with Crippen molar-refractivity contribution in [2.75, 3.05) is 6.54 Å². The molecule has 4 aromatic rings. The van der Waals surface area contributed by atoms with E-state index in [4.69, 9.17) is 5.21 Å². The molecule has 0 saturated heterocycles. The third-order valence-electron chi connectivity index (χ3n) is 4.74. The van der Waals surface area contributed by atoms with Crippen LogP contribution in [0.3, 0.4) is 0 Å². The number of hydrogen-bond donors (Lipinski definition) is 4. The second-order valence-corrected chi connectivity index (χ2v) is 7.67. The minimum Gasteiger partial charge on any atom is -0.361 e. The first kappa shape index (κ1) is 18.4. The van der Waals surface area contributed by atoms with Crippen molar-refractivity contribution < 1.29 is 10.0 Å². The number of benzene rings is 2. The number of amides is 1. The zero-order valence-electron chi connectivity index (χ0n) is 15.2. The zero-order valence-corrected chi connectivity index (χ0v) is 16.1. The standard InChI is InChI=1S/C22H21N3O2S/c26-22(25-27)21-10-9-20(28-21)16-7-5-15(6-8-16)13-23-12-11-17-14-24-19-4-2-1-3-18(17)19/h1-10,14,23-24,27H,11-13H2,(H,25,26). The van der Waals surface area contributed by atoms with Crippen molar-refractivity contribution in [2.45, 2.75) is 13.0 Å². The van der Waals surface area contributed by atoms with Crippen LogP contribution in [-0.4, -0.2) is 22.6 Å². The average molecular weight is 391 g/mol. The normalized spacial score (nSPS) is 11.0. The molecule has 28 heavy (non-hydrogen) atoms. The second kappa shape index (κ2) is 8.39. The molecular formula is C22H21N3O2S.